The average molecular weight is 1780 g/mol. The van der Waals surface area contributed by atoms with E-state index < -0.39 is 0 Å². The molecule has 0 aliphatic heterocycles. The summed E-state index contributed by atoms with van der Waals surface area (Å²) in [7, 11) is 0. The van der Waals surface area contributed by atoms with E-state index in [1.807, 2.05) is 115 Å². The second kappa shape index (κ2) is 32.9. The summed E-state index contributed by atoms with van der Waals surface area (Å²) in [4.78, 5) is 45.5. The molecule has 12 heteroatoms. The first kappa shape index (κ1) is 82.3. The Morgan fingerprint density at radius 1 is 0.159 bits per heavy atom. The van der Waals surface area contributed by atoms with Gasteiger partial charge in [-0.3, -0.25) is 0 Å². The zero-order valence-electron chi connectivity index (χ0n) is 76.6. The van der Waals surface area contributed by atoms with E-state index in [2.05, 4.69) is 345 Å². The van der Waals surface area contributed by atoms with Gasteiger partial charge in [-0.05, 0) is 143 Å². The topological polar surface area (TPSA) is 155 Å². The van der Waals surface area contributed by atoms with Crippen molar-refractivity contribution in [3.8, 4) is 169 Å². The average Bonchev–Trinajstić information content (AvgIpc) is 1.55. The summed E-state index contributed by atoms with van der Waals surface area (Å²) in [5.41, 5.74) is 35.1. The van der Waals surface area contributed by atoms with Crippen LogP contribution in [0.25, 0.3) is 235 Å². The Morgan fingerprint density at radius 3 is 0.754 bits per heavy atom. The lowest BCUT2D eigenvalue weighted by atomic mass is 9.82. The smallest absolute Gasteiger partial charge is 0.167 e. The van der Waals surface area contributed by atoms with E-state index in [1.165, 1.54) is 72.3 Å². The highest BCUT2D eigenvalue weighted by atomic mass is 16.3. The van der Waals surface area contributed by atoms with Crippen molar-refractivity contribution in [2.24, 2.45) is 0 Å². The number of hydrogen-bond acceptors (Lipinski definition) is 12. The van der Waals surface area contributed by atoms with Crippen LogP contribution in [0.1, 0.15) is 74.9 Å². The fourth-order valence-electron chi connectivity index (χ4n) is 21.2. The zero-order chi connectivity index (χ0) is 92.5. The number of para-hydroxylation sites is 3. The minimum Gasteiger partial charge on any atom is -0.455 e. The van der Waals surface area contributed by atoms with Gasteiger partial charge in [-0.1, -0.05) is 418 Å². The van der Waals surface area contributed by atoms with E-state index in [0.29, 0.717) is 52.4 Å². The predicted molar refractivity (Wildman–Crippen MR) is 559 cm³/mol. The van der Waals surface area contributed by atoms with Gasteiger partial charge in [0.15, 0.2) is 52.4 Å². The van der Waals surface area contributed by atoms with Crippen molar-refractivity contribution in [1.29, 1.82) is 0 Å². The van der Waals surface area contributed by atoms with Gasteiger partial charge in [0.1, 0.15) is 33.5 Å². The SMILES string of the molecule is CC1(C)c2ccccc2-c2c1ccc1oc3c(-c4nc(-c5ccccc5)nc(-c5ccc(-c6ccccc6)cc5)n4)cccc3c21.CC1(C)c2ccccc2-c2c1ccc1oc3c(-c4nc(-c5ccccc5)nc(-c5cccc(-c6ccccc6)c5)n4)cccc3c21.CC1(C)c2ccccc2-c2c1ccc1oc3c(-c4nc(-c5ccccc5)nc(-c5ccccc5-c5ccccc5)n4)cccc3c21. The first-order chi connectivity index (χ1) is 67.7. The second-order valence-electron chi connectivity index (χ2n) is 37.3. The molecule has 0 spiro atoms. The molecular formula is C126H87N9O3. The van der Waals surface area contributed by atoms with Crippen LogP contribution in [0.2, 0.25) is 0 Å². The summed E-state index contributed by atoms with van der Waals surface area (Å²) in [6.07, 6.45) is 0. The van der Waals surface area contributed by atoms with Crippen LogP contribution in [0.5, 0.6) is 0 Å². The van der Waals surface area contributed by atoms with Gasteiger partial charge in [0.2, 0.25) is 0 Å². The maximum absolute atomic E-state index is 6.73. The van der Waals surface area contributed by atoms with Gasteiger partial charge < -0.3 is 13.3 Å². The third-order valence-electron chi connectivity index (χ3n) is 28.1. The maximum atomic E-state index is 6.73. The van der Waals surface area contributed by atoms with Gasteiger partial charge in [0.25, 0.3) is 0 Å². The molecule has 0 radical (unpaired) electrons. The van der Waals surface area contributed by atoms with Gasteiger partial charge in [-0.15, -0.1) is 0 Å². The minimum atomic E-state index is -0.0961. The van der Waals surface area contributed by atoms with Crippen molar-refractivity contribution < 1.29 is 13.3 Å². The molecule has 3 aliphatic carbocycles. The molecule has 27 rings (SSSR count). The summed E-state index contributed by atoms with van der Waals surface area (Å²) >= 11 is 0. The number of furan rings is 3. The molecule has 0 amide bonds. The molecule has 138 heavy (non-hydrogen) atoms. The summed E-state index contributed by atoms with van der Waals surface area (Å²) < 4.78 is 20.1. The standard InChI is InChI=1S/3C42H29N3O/c1-42(2)33-22-10-9-19-30(33)36-34(42)23-24-35-37(36)31-20-12-21-32(38(31)46-35)41-44-39(27-15-7-4-8-16-27)43-40(45-41)29-18-11-17-28(25-29)26-13-5-3-6-14-26;1-42(2)33-23-12-11-20-30(33)36-34(42)24-25-35-37(36)31-21-13-22-32(38(31)46-35)41-44-39(27-16-7-4-8-17-27)43-40(45-41)29-19-10-9-18-28(29)26-14-5-3-6-15-26;1-42(2)33-19-10-9-16-30(33)36-34(42)24-25-35-37(36)31-17-11-18-32(38(31)46-35)41-44-39(28-14-7-4-8-15-28)43-40(45-41)29-22-20-27(21-23-29)26-12-5-3-6-13-26/h3*3-25H,1-2H3. The number of rotatable bonds is 12. The van der Waals surface area contributed by atoms with Gasteiger partial charge in [-0.25, -0.2) is 44.9 Å². The number of hydrogen-bond donors (Lipinski definition) is 0. The largest absolute Gasteiger partial charge is 0.455 e. The maximum Gasteiger partial charge on any atom is 0.167 e. The van der Waals surface area contributed by atoms with Crippen molar-refractivity contribution in [1.82, 2.24) is 44.9 Å². The summed E-state index contributed by atoms with van der Waals surface area (Å²) in [5, 5.41) is 6.60. The van der Waals surface area contributed by atoms with Crippen molar-refractivity contribution >= 4 is 65.8 Å². The van der Waals surface area contributed by atoms with Crippen LogP contribution >= 0.6 is 0 Å². The molecule has 6 heterocycles. The van der Waals surface area contributed by atoms with Crippen LogP contribution in [0.3, 0.4) is 0 Å². The molecule has 6 aromatic heterocycles. The molecule has 12 nitrogen and oxygen atoms in total. The van der Waals surface area contributed by atoms with Crippen LogP contribution < -0.4 is 0 Å². The first-order valence-electron chi connectivity index (χ1n) is 46.9. The summed E-state index contributed by atoms with van der Waals surface area (Å²) in [6.45, 7) is 13.8. The Bertz CT molecular complexity index is 8960. The van der Waals surface area contributed by atoms with Crippen LogP contribution in [-0.2, 0) is 16.2 Å². The Labute approximate surface area is 797 Å². The van der Waals surface area contributed by atoms with Gasteiger partial charge in [0, 0.05) is 81.9 Å². The van der Waals surface area contributed by atoms with Crippen LogP contribution in [-0.4, -0.2) is 44.9 Å². The Morgan fingerprint density at radius 2 is 0.391 bits per heavy atom. The Balaban J connectivity index is 0.000000110. The molecule has 0 N–H and O–H groups in total. The lowest BCUT2D eigenvalue weighted by Gasteiger charge is -2.21. The van der Waals surface area contributed by atoms with Crippen LogP contribution in [0, 0.1) is 0 Å². The summed E-state index contributed by atoms with van der Waals surface area (Å²) in [5.74, 6) is 5.45. The number of nitrogens with zero attached hydrogens (tertiary/aromatic N) is 9. The molecular weight excluding hydrogens is 1690 g/mol. The first-order valence-corrected chi connectivity index (χ1v) is 46.9. The van der Waals surface area contributed by atoms with Crippen molar-refractivity contribution in [2.45, 2.75) is 57.8 Å². The lowest BCUT2D eigenvalue weighted by molar-refractivity contribution is 0.656. The quantitative estimate of drug-likeness (QED) is 0.114. The van der Waals surface area contributed by atoms with E-state index in [4.69, 9.17) is 58.1 Å². The molecule has 0 bridgehead atoms. The second-order valence-corrected chi connectivity index (χ2v) is 37.3. The van der Waals surface area contributed by atoms with E-state index in [1.54, 1.807) is 0 Å². The third kappa shape index (κ3) is 13.8. The van der Waals surface area contributed by atoms with E-state index in [-0.39, 0.29) is 16.2 Å². The van der Waals surface area contributed by atoms with E-state index in [0.717, 1.165) is 144 Å². The summed E-state index contributed by atoms with van der Waals surface area (Å²) in [6, 6.07) is 145. The van der Waals surface area contributed by atoms with Gasteiger partial charge >= 0.3 is 0 Å². The molecule has 3 aliphatic rings. The lowest BCUT2D eigenvalue weighted by Crippen LogP contribution is -2.14. The fourth-order valence-corrected chi connectivity index (χ4v) is 21.2. The number of benzene rings is 18. The predicted octanol–water partition coefficient (Wildman–Crippen LogP) is 32.2. The van der Waals surface area contributed by atoms with Crippen molar-refractivity contribution in [3.05, 3.63) is 452 Å². The molecule has 654 valence electrons. The highest BCUT2D eigenvalue weighted by Crippen LogP contribution is 2.58. The molecule has 0 saturated carbocycles. The van der Waals surface area contributed by atoms with E-state index in [9.17, 15) is 0 Å². The highest BCUT2D eigenvalue weighted by molar-refractivity contribution is 6.20. The van der Waals surface area contributed by atoms with Crippen LogP contribution in [0.4, 0.5) is 0 Å². The molecule has 18 aromatic carbocycles. The number of fused-ring (bicyclic) bond motifs is 21. The Hall–Kier alpha value is -17.6. The van der Waals surface area contributed by atoms with Gasteiger partial charge in [0.05, 0.1) is 16.7 Å². The minimum absolute atomic E-state index is 0.0922. The monoisotopic (exact) mass is 1770 g/mol. The molecule has 0 fully saturated rings. The van der Waals surface area contributed by atoms with Crippen molar-refractivity contribution in [2.75, 3.05) is 0 Å². The Kier molecular flexibility index (Phi) is 19.6. The highest BCUT2D eigenvalue weighted by Gasteiger charge is 2.41. The zero-order valence-corrected chi connectivity index (χ0v) is 76.6. The van der Waals surface area contributed by atoms with Crippen LogP contribution in [0.15, 0.2) is 432 Å². The van der Waals surface area contributed by atoms with Crippen molar-refractivity contribution in [3.63, 3.8) is 0 Å². The normalized spacial score (nSPS) is 13.2. The van der Waals surface area contributed by atoms with Gasteiger partial charge in [-0.2, -0.15) is 0 Å². The molecule has 0 unspecified atom stereocenters. The fraction of sp³-hybridized carbons (Fsp3) is 0.0714. The molecule has 0 saturated heterocycles. The molecule has 24 aromatic rings. The van der Waals surface area contributed by atoms with E-state index >= 15 is 0 Å². The number of aromatic nitrogens is 9. The third-order valence-corrected chi connectivity index (χ3v) is 28.1. The molecule has 0 atom stereocenters.